The van der Waals surface area contributed by atoms with Gasteiger partial charge in [-0.3, -0.25) is 29.6 Å². The summed E-state index contributed by atoms with van der Waals surface area (Å²) in [5.41, 5.74) is -2.33. The number of amides is 1. The standard InChI is InChI=1S/C16H23BrN4O9S/c17-6-9-19(8-3-11-31(28,29)30)13-5-4-12(20(24)25)14(15(13)21(26)27)16(23)18-7-1-2-10-22/h4-5,22H,1-3,6-11H2,(H,18,23)(H,28,29,30). The molecule has 3 N–H and O–H groups in total. The Labute approximate surface area is 186 Å². The molecule has 0 aliphatic carbocycles. The van der Waals surface area contributed by atoms with Gasteiger partial charge in [0.05, 0.1) is 15.6 Å². The van der Waals surface area contributed by atoms with Crippen LogP contribution >= 0.6 is 15.9 Å². The van der Waals surface area contributed by atoms with Gasteiger partial charge >= 0.3 is 5.69 Å². The van der Waals surface area contributed by atoms with E-state index in [0.29, 0.717) is 18.2 Å². The van der Waals surface area contributed by atoms with E-state index in [2.05, 4.69) is 21.2 Å². The monoisotopic (exact) mass is 526 g/mol. The number of hydrogen-bond acceptors (Lipinski definition) is 9. The van der Waals surface area contributed by atoms with Gasteiger partial charge in [0.1, 0.15) is 5.69 Å². The summed E-state index contributed by atoms with van der Waals surface area (Å²) in [5.74, 6) is -1.58. The number of aliphatic hydroxyl groups is 1. The number of nitrogens with zero attached hydrogens (tertiary/aromatic N) is 3. The van der Waals surface area contributed by atoms with Crippen LogP contribution < -0.4 is 10.2 Å². The highest BCUT2D eigenvalue weighted by atomic mass is 79.9. The number of carbonyl (C=O) groups is 1. The lowest BCUT2D eigenvalue weighted by atomic mass is 10.1. The van der Waals surface area contributed by atoms with Crippen molar-refractivity contribution in [3.63, 3.8) is 0 Å². The molecule has 0 bridgehead atoms. The number of carbonyl (C=O) groups excluding carboxylic acids is 1. The Morgan fingerprint density at radius 1 is 1.13 bits per heavy atom. The molecular formula is C16H23BrN4O9S. The predicted octanol–water partition coefficient (Wildman–Crippen LogP) is 1.48. The van der Waals surface area contributed by atoms with Crippen LogP contribution in [0.3, 0.4) is 0 Å². The van der Waals surface area contributed by atoms with Crippen LogP contribution in [0.15, 0.2) is 12.1 Å². The lowest BCUT2D eigenvalue weighted by Gasteiger charge is -2.24. The van der Waals surface area contributed by atoms with Gasteiger partial charge in [0.15, 0.2) is 5.56 Å². The number of halogens is 1. The first kappa shape index (κ1) is 26.7. The van der Waals surface area contributed by atoms with Gasteiger partial charge in [-0.2, -0.15) is 8.42 Å². The van der Waals surface area contributed by atoms with Crippen LogP contribution in [0.4, 0.5) is 17.1 Å². The molecule has 31 heavy (non-hydrogen) atoms. The second-order valence-corrected chi connectivity index (χ2v) is 8.71. The summed E-state index contributed by atoms with van der Waals surface area (Å²) >= 11 is 3.19. The van der Waals surface area contributed by atoms with E-state index < -0.39 is 48.6 Å². The van der Waals surface area contributed by atoms with Crippen molar-refractivity contribution in [2.24, 2.45) is 0 Å². The Bertz CT molecular complexity index is 911. The molecule has 13 nitrogen and oxygen atoms in total. The third-order valence-corrected chi connectivity index (χ3v) is 5.30. The highest BCUT2D eigenvalue weighted by Crippen LogP contribution is 2.37. The number of hydrogen-bond donors (Lipinski definition) is 3. The fraction of sp³-hybridized carbons (Fsp3) is 0.562. The van der Waals surface area contributed by atoms with Crippen molar-refractivity contribution in [2.75, 3.05) is 42.2 Å². The molecule has 0 heterocycles. The molecule has 0 saturated carbocycles. The molecule has 174 valence electrons. The minimum atomic E-state index is -4.24. The topological polar surface area (TPSA) is 193 Å². The average molecular weight is 527 g/mol. The Kier molecular flexibility index (Phi) is 10.7. The zero-order valence-corrected chi connectivity index (χ0v) is 18.8. The molecule has 0 spiro atoms. The van der Waals surface area contributed by atoms with Gasteiger partial charge in [-0.1, -0.05) is 15.9 Å². The summed E-state index contributed by atoms with van der Waals surface area (Å²) in [6, 6.07) is 2.11. The van der Waals surface area contributed by atoms with Crippen molar-refractivity contribution in [3.05, 3.63) is 37.9 Å². The van der Waals surface area contributed by atoms with E-state index in [4.69, 9.17) is 9.66 Å². The molecule has 1 rings (SSSR count). The molecule has 0 aromatic heterocycles. The zero-order valence-electron chi connectivity index (χ0n) is 16.4. The first-order chi connectivity index (χ1) is 14.5. The maximum Gasteiger partial charge on any atom is 0.312 e. The Balaban J connectivity index is 3.43. The van der Waals surface area contributed by atoms with Crippen LogP contribution in [0, 0.1) is 20.2 Å². The SMILES string of the molecule is O=C(NCCCCO)c1c([N+](=O)[O-])ccc(N(CCBr)CCCS(=O)(=O)O)c1[N+](=O)[O-]. The molecule has 1 aromatic rings. The Hall–Kier alpha value is -2.36. The Morgan fingerprint density at radius 2 is 1.81 bits per heavy atom. The third kappa shape index (κ3) is 8.35. The van der Waals surface area contributed by atoms with Gasteiger partial charge in [-0.05, 0) is 25.3 Å². The maximum atomic E-state index is 12.6. The smallest absolute Gasteiger partial charge is 0.312 e. The largest absolute Gasteiger partial charge is 0.396 e. The quantitative estimate of drug-likeness (QED) is 0.105. The lowest BCUT2D eigenvalue weighted by molar-refractivity contribution is -0.394. The average Bonchev–Trinajstić information content (AvgIpc) is 2.68. The third-order valence-electron chi connectivity index (χ3n) is 4.14. The van der Waals surface area contributed by atoms with Crippen molar-refractivity contribution >= 4 is 49.0 Å². The number of anilines is 1. The first-order valence-electron chi connectivity index (χ1n) is 9.14. The molecule has 0 atom stereocenters. The van der Waals surface area contributed by atoms with Crippen LogP contribution in [0.1, 0.15) is 29.6 Å². The maximum absolute atomic E-state index is 12.6. The summed E-state index contributed by atoms with van der Waals surface area (Å²) in [4.78, 5) is 35.5. The van der Waals surface area contributed by atoms with Gasteiger partial charge < -0.3 is 15.3 Å². The highest BCUT2D eigenvalue weighted by molar-refractivity contribution is 9.09. The zero-order chi connectivity index (χ0) is 23.6. The minimum Gasteiger partial charge on any atom is -0.396 e. The number of rotatable bonds is 14. The molecule has 0 saturated heterocycles. The normalized spacial score (nSPS) is 11.2. The second-order valence-electron chi connectivity index (χ2n) is 6.34. The number of nitrogens with one attached hydrogen (secondary N) is 1. The van der Waals surface area contributed by atoms with Crippen molar-refractivity contribution in [2.45, 2.75) is 19.3 Å². The molecule has 0 fully saturated rings. The summed E-state index contributed by atoms with van der Waals surface area (Å²) in [7, 11) is -4.24. The van der Waals surface area contributed by atoms with E-state index in [9.17, 15) is 33.4 Å². The summed E-state index contributed by atoms with van der Waals surface area (Å²) in [6.45, 7) is 0.0808. The van der Waals surface area contributed by atoms with Crippen LogP contribution in [-0.4, -0.2) is 71.2 Å². The number of nitro benzene ring substituents is 2. The molecule has 0 unspecified atom stereocenters. The fourth-order valence-corrected chi connectivity index (χ4v) is 3.73. The van der Waals surface area contributed by atoms with E-state index in [0.717, 1.165) is 12.1 Å². The highest BCUT2D eigenvalue weighted by Gasteiger charge is 2.35. The van der Waals surface area contributed by atoms with Crippen LogP contribution in [-0.2, 0) is 10.1 Å². The number of alkyl halides is 1. The van der Waals surface area contributed by atoms with E-state index in [-0.39, 0.29) is 38.3 Å². The molecule has 1 aromatic carbocycles. The number of nitro groups is 2. The van der Waals surface area contributed by atoms with Gasteiger partial charge in [-0.15, -0.1) is 0 Å². The molecule has 0 aliphatic rings. The van der Waals surface area contributed by atoms with Crippen LogP contribution in [0.5, 0.6) is 0 Å². The summed E-state index contributed by atoms with van der Waals surface area (Å²) in [5, 5.41) is 34.8. The van der Waals surface area contributed by atoms with Crippen LogP contribution in [0.25, 0.3) is 0 Å². The Morgan fingerprint density at radius 3 is 2.32 bits per heavy atom. The van der Waals surface area contributed by atoms with Gasteiger partial charge in [-0.25, -0.2) is 0 Å². The van der Waals surface area contributed by atoms with E-state index in [1.807, 2.05) is 0 Å². The van der Waals surface area contributed by atoms with Crippen LogP contribution in [0.2, 0.25) is 0 Å². The first-order valence-corrected chi connectivity index (χ1v) is 11.9. The fourth-order valence-electron chi connectivity index (χ4n) is 2.81. The molecular weight excluding hydrogens is 504 g/mol. The molecule has 0 aliphatic heterocycles. The second kappa shape index (κ2) is 12.5. The van der Waals surface area contributed by atoms with Gasteiger partial charge in [0.2, 0.25) is 0 Å². The molecule has 1 amide bonds. The van der Waals surface area contributed by atoms with E-state index in [1.54, 1.807) is 0 Å². The summed E-state index contributed by atoms with van der Waals surface area (Å²) in [6.07, 6.45) is 0.675. The van der Waals surface area contributed by atoms with E-state index in [1.165, 1.54) is 4.90 Å². The predicted molar refractivity (Wildman–Crippen MR) is 115 cm³/mol. The van der Waals surface area contributed by atoms with Crippen molar-refractivity contribution in [1.82, 2.24) is 5.32 Å². The summed E-state index contributed by atoms with van der Waals surface area (Å²) < 4.78 is 30.8. The van der Waals surface area contributed by atoms with Crippen molar-refractivity contribution in [1.29, 1.82) is 0 Å². The van der Waals surface area contributed by atoms with Gasteiger partial charge in [0, 0.05) is 37.6 Å². The van der Waals surface area contributed by atoms with E-state index >= 15 is 0 Å². The number of benzene rings is 1. The molecule has 15 heteroatoms. The minimum absolute atomic E-state index is 0.0262. The lowest BCUT2D eigenvalue weighted by Crippen LogP contribution is -2.31. The number of aliphatic hydroxyl groups excluding tert-OH is 1. The van der Waals surface area contributed by atoms with Crippen molar-refractivity contribution < 1.29 is 32.7 Å². The van der Waals surface area contributed by atoms with Gasteiger partial charge in [0.25, 0.3) is 21.7 Å². The number of unbranched alkanes of at least 4 members (excludes halogenated alkanes) is 1. The molecule has 0 radical (unpaired) electrons. The van der Waals surface area contributed by atoms with Crippen molar-refractivity contribution in [3.8, 4) is 0 Å².